The van der Waals surface area contributed by atoms with Crippen LogP contribution in [0.1, 0.15) is 0 Å². The van der Waals surface area contributed by atoms with E-state index in [0.29, 0.717) is 0 Å². The van der Waals surface area contributed by atoms with Crippen molar-refractivity contribution < 1.29 is 118 Å². The second kappa shape index (κ2) is 8.84. The monoisotopic (exact) mass is 294 g/mol. The maximum absolute atomic E-state index is 8.98. The Bertz CT molecular complexity index is 163. The number of aliphatic hydroxyl groups is 3. The quantitative estimate of drug-likeness (QED) is 0.274. The molecule has 0 radical (unpaired) electrons. The summed E-state index contributed by atoms with van der Waals surface area (Å²) in [5, 5.41) is 26.9. The Labute approximate surface area is 175 Å². The van der Waals surface area contributed by atoms with Crippen LogP contribution in [0.15, 0.2) is 0 Å². The van der Waals surface area contributed by atoms with E-state index in [0.717, 1.165) is 0 Å². The van der Waals surface area contributed by atoms with Gasteiger partial charge in [0.2, 0.25) is 0 Å². The third-order valence-electron chi connectivity index (χ3n) is 1.65. The van der Waals surface area contributed by atoms with E-state index in [1.54, 1.807) is 6.26 Å². The second-order valence-electron chi connectivity index (χ2n) is 2.75. The topological polar surface area (TPSA) is 60.7 Å². The summed E-state index contributed by atoms with van der Waals surface area (Å²) in [6.45, 7) is 0. The first-order valence-electron chi connectivity index (χ1n) is 2.84. The summed E-state index contributed by atoms with van der Waals surface area (Å²) in [7, 11) is -2.80. The molecule has 0 aromatic rings. The van der Waals surface area contributed by atoms with Gasteiger partial charge in [-0.2, -0.15) is 0 Å². The Morgan fingerprint density at radius 2 is 1.38 bits per heavy atom. The van der Waals surface area contributed by atoms with Crippen molar-refractivity contribution in [2.75, 3.05) is 24.1 Å². The molecule has 0 aliphatic rings. The molecule has 0 aromatic carbocycles. The van der Waals surface area contributed by atoms with Crippen molar-refractivity contribution in [1.29, 1.82) is 0 Å². The molecule has 3 N–H and O–H groups in total. The predicted octanol–water partition coefficient (Wildman–Crippen LogP) is -7.00. The molecular formula is C5H12K2O3S3. The Morgan fingerprint density at radius 3 is 1.38 bits per heavy atom. The largest absolute Gasteiger partial charge is 1.00 e. The molecule has 0 spiro atoms. The molecule has 3 nitrogen and oxygen atoms in total. The van der Waals surface area contributed by atoms with Gasteiger partial charge in [-0.05, 0) is 17.8 Å². The van der Waals surface area contributed by atoms with Gasteiger partial charge >= 0.3 is 103 Å². The van der Waals surface area contributed by atoms with Gasteiger partial charge in [-0.3, -0.25) is 0 Å². The van der Waals surface area contributed by atoms with Gasteiger partial charge in [-0.1, -0.05) is 0 Å². The van der Waals surface area contributed by atoms with Gasteiger partial charge in [0.25, 0.3) is 0 Å². The second-order valence-corrected chi connectivity index (χ2v) is 9.76. The van der Waals surface area contributed by atoms with Crippen molar-refractivity contribution in [2.45, 2.75) is 0 Å². The van der Waals surface area contributed by atoms with E-state index in [1.807, 2.05) is 0 Å². The van der Waals surface area contributed by atoms with Gasteiger partial charge in [0.15, 0.2) is 0 Å². The van der Waals surface area contributed by atoms with E-state index >= 15 is 0 Å². The standard InChI is InChI=1S/C5H13O3S3.2K/c1-11(2-6,3-7,4-8)5(9)10;;/h6-8H,2-4H2,1H3,(H,9,10);;/q-1;2*+1/p-1. The van der Waals surface area contributed by atoms with Gasteiger partial charge in [0.05, 0.1) is 0 Å². The summed E-state index contributed by atoms with van der Waals surface area (Å²) in [6, 6.07) is 0. The number of hydrogen-bond donors (Lipinski definition) is 3. The molecular weight excluding hydrogens is 282 g/mol. The van der Waals surface area contributed by atoms with Gasteiger partial charge in [0.1, 0.15) is 0 Å². The first-order valence-corrected chi connectivity index (χ1v) is 6.61. The zero-order valence-electron chi connectivity index (χ0n) is 8.19. The molecule has 0 fully saturated rings. The van der Waals surface area contributed by atoms with Gasteiger partial charge in [-0.25, -0.2) is 3.53 Å². The number of hydrogen-bond acceptors (Lipinski definition) is 6. The Kier molecular flexibility index (Phi) is 15.0. The fourth-order valence-electron chi connectivity index (χ4n) is 0.281. The van der Waals surface area contributed by atoms with Crippen molar-refractivity contribution in [3.05, 3.63) is 0 Å². The molecule has 0 heterocycles. The molecule has 0 amide bonds. The van der Waals surface area contributed by atoms with Gasteiger partial charge in [0, 0.05) is 0 Å². The molecule has 0 aliphatic heterocycles. The van der Waals surface area contributed by atoms with E-state index in [4.69, 9.17) is 40.2 Å². The van der Waals surface area contributed by atoms with Crippen LogP contribution >= 0.6 is 12.2 Å². The molecule has 13 heavy (non-hydrogen) atoms. The molecule has 0 aromatic heterocycles. The van der Waals surface area contributed by atoms with Crippen LogP contribution in [0.4, 0.5) is 0 Å². The zero-order chi connectivity index (χ0) is 9.15. The minimum Gasteiger partial charge on any atom is -0.454 e. The number of aliphatic hydroxyl groups excluding tert-OH is 3. The average molecular weight is 295 g/mol. The summed E-state index contributed by atoms with van der Waals surface area (Å²) in [6.07, 6.45) is 1.56. The van der Waals surface area contributed by atoms with Crippen molar-refractivity contribution in [2.24, 2.45) is 0 Å². The summed E-state index contributed by atoms with van der Waals surface area (Å²) in [4.78, 5) is 0. The van der Waals surface area contributed by atoms with Crippen LogP contribution in [-0.4, -0.2) is 42.9 Å². The summed E-state index contributed by atoms with van der Waals surface area (Å²) in [5.41, 5.74) is 0. The van der Waals surface area contributed by atoms with Crippen LogP contribution < -0.4 is 103 Å². The average Bonchev–Trinajstić information content (AvgIpc) is 2.03. The zero-order valence-corrected chi connectivity index (χ0v) is 16.9. The van der Waals surface area contributed by atoms with Crippen LogP contribution in [0.25, 0.3) is 0 Å². The summed E-state index contributed by atoms with van der Waals surface area (Å²) >= 11 is 9.45. The third-order valence-corrected chi connectivity index (χ3v) is 8.07. The van der Waals surface area contributed by atoms with Gasteiger partial charge in [-0.15, -0.1) is 6.26 Å². The molecule has 0 saturated heterocycles. The van der Waals surface area contributed by atoms with Crippen LogP contribution in [0, 0.1) is 0 Å². The van der Waals surface area contributed by atoms with Crippen molar-refractivity contribution in [3.63, 3.8) is 0 Å². The van der Waals surface area contributed by atoms with Crippen LogP contribution in [0.2, 0.25) is 0 Å². The Balaban J connectivity index is -0.000000500. The molecule has 0 saturated carbocycles. The predicted molar refractivity (Wildman–Crippen MR) is 54.5 cm³/mol. The molecule has 0 rings (SSSR count). The molecule has 0 unspecified atom stereocenters. The van der Waals surface area contributed by atoms with Crippen molar-refractivity contribution >= 4 is 37.5 Å². The van der Waals surface area contributed by atoms with E-state index < -0.39 is 9.16 Å². The van der Waals surface area contributed by atoms with E-state index in [2.05, 4.69) is 0 Å². The maximum atomic E-state index is 8.98. The van der Waals surface area contributed by atoms with Gasteiger partial charge < -0.3 is 49.3 Å². The molecule has 0 atom stereocenters. The van der Waals surface area contributed by atoms with Crippen molar-refractivity contribution in [3.8, 4) is 0 Å². The van der Waals surface area contributed by atoms with Crippen LogP contribution in [0.3, 0.4) is 0 Å². The number of rotatable bonds is 3. The first kappa shape index (κ1) is 22.0. The van der Waals surface area contributed by atoms with E-state index in [1.165, 1.54) is 0 Å². The fraction of sp³-hybridized carbons (Fsp3) is 0.800. The fourth-order valence-corrected chi connectivity index (χ4v) is 1.79. The Hall–Kier alpha value is 3.81. The van der Waals surface area contributed by atoms with Crippen LogP contribution in [-0.2, 0) is 21.8 Å². The summed E-state index contributed by atoms with van der Waals surface area (Å²) in [5.74, 6) is -1.02. The van der Waals surface area contributed by atoms with E-state index in [9.17, 15) is 0 Å². The molecule has 8 heteroatoms. The van der Waals surface area contributed by atoms with Crippen LogP contribution in [0.5, 0.6) is 0 Å². The minimum absolute atomic E-state index is 0. The number of thiocarbonyl (C=S) groups is 1. The smallest absolute Gasteiger partial charge is 0.454 e. The molecule has 70 valence electrons. The maximum Gasteiger partial charge on any atom is 1.00 e. The first-order chi connectivity index (χ1) is 4.93. The third kappa shape index (κ3) is 5.32. The SMILES string of the molecule is C[S-](CO)(CO)(CO)C(=S)[S-].[K+].[K+]. The molecule has 0 aliphatic carbocycles. The Morgan fingerprint density at radius 1 is 1.15 bits per heavy atom. The molecule has 0 bridgehead atoms. The normalized spacial score (nSPS) is 13.1. The van der Waals surface area contributed by atoms with E-state index in [-0.39, 0.29) is 124 Å². The summed E-state index contributed by atoms with van der Waals surface area (Å²) < 4.78 is 0.106. The minimum atomic E-state index is -2.80. The van der Waals surface area contributed by atoms with Crippen molar-refractivity contribution in [1.82, 2.24) is 0 Å².